The van der Waals surface area contributed by atoms with Crippen molar-refractivity contribution >= 4 is 11.6 Å². The fraction of sp³-hybridized carbons (Fsp3) is 0.391. The zero-order valence-electron chi connectivity index (χ0n) is 18.2. The number of rotatable bonds is 4. The molecule has 4 rings (SSSR count). The summed E-state index contributed by atoms with van der Waals surface area (Å²) in [4.78, 5) is 31.0. The number of nitrogens with one attached hydrogen (secondary N) is 1. The summed E-state index contributed by atoms with van der Waals surface area (Å²) in [5.41, 5.74) is 7.04. The highest BCUT2D eigenvalue weighted by molar-refractivity contribution is 5.92. The van der Waals surface area contributed by atoms with Crippen LogP contribution in [0.2, 0.25) is 0 Å². The normalized spacial score (nSPS) is 12.8. The lowest BCUT2D eigenvalue weighted by Crippen LogP contribution is -2.34. The summed E-state index contributed by atoms with van der Waals surface area (Å²) in [5, 5.41) is 7.49. The molecule has 1 aliphatic carbocycles. The molecule has 0 saturated carbocycles. The van der Waals surface area contributed by atoms with Crippen LogP contribution >= 0.6 is 0 Å². The summed E-state index contributed by atoms with van der Waals surface area (Å²) >= 11 is 0. The Morgan fingerprint density at radius 2 is 1.77 bits per heavy atom. The van der Waals surface area contributed by atoms with Crippen LogP contribution in [0.1, 0.15) is 45.8 Å². The molecule has 0 atom stereocenters. The summed E-state index contributed by atoms with van der Waals surface area (Å²) < 4.78 is 3.11. The van der Waals surface area contributed by atoms with E-state index in [2.05, 4.69) is 10.4 Å². The van der Waals surface area contributed by atoms with Crippen LogP contribution in [0, 0.1) is 34.6 Å². The van der Waals surface area contributed by atoms with E-state index in [-0.39, 0.29) is 18.0 Å². The van der Waals surface area contributed by atoms with Crippen LogP contribution in [0.15, 0.2) is 23.0 Å². The van der Waals surface area contributed by atoms with Gasteiger partial charge in [-0.2, -0.15) is 5.10 Å². The van der Waals surface area contributed by atoms with E-state index in [1.807, 2.05) is 52.8 Å². The number of benzene rings is 1. The monoisotopic (exact) mass is 405 g/mol. The van der Waals surface area contributed by atoms with E-state index in [0.717, 1.165) is 57.9 Å². The molecule has 0 radical (unpaired) electrons. The van der Waals surface area contributed by atoms with Gasteiger partial charge >= 0.3 is 0 Å². The van der Waals surface area contributed by atoms with Gasteiger partial charge in [-0.15, -0.1) is 0 Å². The Morgan fingerprint density at radius 3 is 2.40 bits per heavy atom. The largest absolute Gasteiger partial charge is 0.324 e. The number of fused-ring (bicyclic) bond motifs is 1. The highest BCUT2D eigenvalue weighted by Gasteiger charge is 2.24. The third-order valence-electron chi connectivity index (χ3n) is 5.61. The second kappa shape index (κ2) is 7.55. The Kier molecular flexibility index (Phi) is 5.05. The molecule has 7 nitrogen and oxygen atoms in total. The maximum Gasteiger partial charge on any atom is 0.258 e. The van der Waals surface area contributed by atoms with E-state index in [1.165, 1.54) is 4.57 Å². The standard InChI is InChI=1S/C23H27N5O2/c1-13-9-14(2)21(15(3)10-13)25-20(29)12-27-22(30)18-7-6-8-19(18)24-23(27)28-17(5)11-16(4)26-28/h9-11H,6-8,12H2,1-5H3,(H,25,29). The topological polar surface area (TPSA) is 81.8 Å². The molecule has 0 spiro atoms. The average molecular weight is 406 g/mol. The fourth-order valence-corrected chi connectivity index (χ4v) is 4.35. The van der Waals surface area contributed by atoms with Crippen molar-refractivity contribution in [2.24, 2.45) is 0 Å². The maximum absolute atomic E-state index is 13.2. The first-order chi connectivity index (χ1) is 14.2. The lowest BCUT2D eigenvalue weighted by atomic mass is 10.1. The van der Waals surface area contributed by atoms with Crippen LogP contribution in [0.25, 0.3) is 5.95 Å². The molecule has 156 valence electrons. The number of aryl methyl sites for hydroxylation is 6. The Morgan fingerprint density at radius 1 is 1.07 bits per heavy atom. The maximum atomic E-state index is 13.2. The number of nitrogens with zero attached hydrogens (tertiary/aromatic N) is 4. The molecule has 0 fully saturated rings. The fourth-order valence-electron chi connectivity index (χ4n) is 4.35. The van der Waals surface area contributed by atoms with Gasteiger partial charge in [0.1, 0.15) is 6.54 Å². The first-order valence-electron chi connectivity index (χ1n) is 10.3. The molecule has 0 saturated heterocycles. The second-order valence-electron chi connectivity index (χ2n) is 8.24. The van der Waals surface area contributed by atoms with Gasteiger partial charge in [-0.3, -0.25) is 14.2 Å². The lowest BCUT2D eigenvalue weighted by Gasteiger charge is -2.17. The Bertz CT molecular complexity index is 1200. The molecule has 0 unspecified atom stereocenters. The minimum absolute atomic E-state index is 0.112. The van der Waals surface area contributed by atoms with Gasteiger partial charge in [0.15, 0.2) is 0 Å². The van der Waals surface area contributed by atoms with Crippen LogP contribution in [0.4, 0.5) is 5.69 Å². The average Bonchev–Trinajstić information content (AvgIpc) is 3.26. The molecular weight excluding hydrogens is 378 g/mol. The van der Waals surface area contributed by atoms with Crippen LogP contribution in [-0.4, -0.2) is 25.2 Å². The Hall–Kier alpha value is -3.22. The first-order valence-corrected chi connectivity index (χ1v) is 10.3. The first kappa shape index (κ1) is 20.1. The van der Waals surface area contributed by atoms with E-state index in [1.54, 1.807) is 4.68 Å². The van der Waals surface area contributed by atoms with Crippen molar-refractivity contribution in [2.75, 3.05) is 5.32 Å². The number of aromatic nitrogens is 4. The highest BCUT2D eigenvalue weighted by atomic mass is 16.2. The molecule has 2 aromatic heterocycles. The zero-order valence-corrected chi connectivity index (χ0v) is 18.2. The molecule has 30 heavy (non-hydrogen) atoms. The van der Waals surface area contributed by atoms with Crippen molar-refractivity contribution in [3.8, 4) is 5.95 Å². The van der Waals surface area contributed by atoms with Crippen molar-refractivity contribution in [3.63, 3.8) is 0 Å². The minimum atomic E-state index is -0.255. The molecule has 1 amide bonds. The molecule has 0 aliphatic heterocycles. The summed E-state index contributed by atoms with van der Waals surface area (Å²) in [6.45, 7) is 9.68. The van der Waals surface area contributed by atoms with Gasteiger partial charge in [-0.1, -0.05) is 17.7 Å². The van der Waals surface area contributed by atoms with E-state index in [0.29, 0.717) is 12.4 Å². The predicted molar refractivity (Wildman–Crippen MR) is 116 cm³/mol. The summed E-state index contributed by atoms with van der Waals surface area (Å²) in [7, 11) is 0. The molecule has 1 aliphatic rings. The van der Waals surface area contributed by atoms with E-state index < -0.39 is 0 Å². The summed E-state index contributed by atoms with van der Waals surface area (Å²) in [6.07, 6.45) is 2.40. The molecule has 3 aromatic rings. The zero-order chi connectivity index (χ0) is 21.6. The van der Waals surface area contributed by atoms with Crippen LogP contribution in [0.5, 0.6) is 0 Å². The number of hydrogen-bond donors (Lipinski definition) is 1. The Balaban J connectivity index is 1.75. The number of hydrogen-bond acceptors (Lipinski definition) is 4. The molecule has 7 heteroatoms. The predicted octanol–water partition coefficient (Wildman–Crippen LogP) is 3.10. The van der Waals surface area contributed by atoms with Crippen molar-refractivity contribution in [1.29, 1.82) is 0 Å². The van der Waals surface area contributed by atoms with Gasteiger partial charge in [0.05, 0.1) is 11.4 Å². The van der Waals surface area contributed by atoms with Gasteiger partial charge < -0.3 is 5.32 Å². The molecule has 1 N–H and O–H groups in total. The smallest absolute Gasteiger partial charge is 0.258 e. The quantitative estimate of drug-likeness (QED) is 0.723. The summed E-state index contributed by atoms with van der Waals surface area (Å²) in [6, 6.07) is 6.00. The van der Waals surface area contributed by atoms with E-state index >= 15 is 0 Å². The van der Waals surface area contributed by atoms with Crippen molar-refractivity contribution in [2.45, 2.75) is 60.4 Å². The Labute approximate surface area is 175 Å². The van der Waals surface area contributed by atoms with E-state index in [9.17, 15) is 9.59 Å². The number of carbonyl (C=O) groups excluding carboxylic acids is 1. The van der Waals surface area contributed by atoms with Gasteiger partial charge in [-0.25, -0.2) is 9.67 Å². The van der Waals surface area contributed by atoms with Crippen molar-refractivity contribution in [3.05, 3.63) is 67.9 Å². The third kappa shape index (κ3) is 3.56. The molecule has 1 aromatic carbocycles. The minimum Gasteiger partial charge on any atom is -0.324 e. The van der Waals surface area contributed by atoms with Crippen LogP contribution in [0.3, 0.4) is 0 Å². The SMILES string of the molecule is Cc1cc(C)c(NC(=O)Cn2c(-n3nc(C)cc3C)nc3c(c2=O)CCC3)c(C)c1. The number of anilines is 1. The summed E-state index contributed by atoms with van der Waals surface area (Å²) in [5.74, 6) is 0.147. The van der Waals surface area contributed by atoms with Gasteiger partial charge in [0.2, 0.25) is 11.9 Å². The van der Waals surface area contributed by atoms with Crippen molar-refractivity contribution in [1.82, 2.24) is 19.3 Å². The lowest BCUT2D eigenvalue weighted by molar-refractivity contribution is -0.116. The third-order valence-corrected chi connectivity index (χ3v) is 5.61. The second-order valence-corrected chi connectivity index (χ2v) is 8.24. The van der Waals surface area contributed by atoms with Crippen molar-refractivity contribution < 1.29 is 4.79 Å². The molecule has 0 bridgehead atoms. The van der Waals surface area contributed by atoms with Crippen LogP contribution in [-0.2, 0) is 24.2 Å². The molecular formula is C23H27N5O2. The van der Waals surface area contributed by atoms with E-state index in [4.69, 9.17) is 4.98 Å². The number of carbonyl (C=O) groups is 1. The highest BCUT2D eigenvalue weighted by Crippen LogP contribution is 2.23. The molecule has 2 heterocycles. The van der Waals surface area contributed by atoms with Gasteiger partial charge in [0, 0.05) is 16.9 Å². The van der Waals surface area contributed by atoms with Gasteiger partial charge in [-0.05, 0) is 71.1 Å². The van der Waals surface area contributed by atoms with Gasteiger partial charge in [0.25, 0.3) is 5.56 Å². The van der Waals surface area contributed by atoms with Crippen LogP contribution < -0.4 is 10.9 Å². The number of amides is 1.